The summed E-state index contributed by atoms with van der Waals surface area (Å²) in [5.74, 6) is 1.09. The molecular weight excluding hydrogens is 362 g/mol. The number of rotatable bonds is 8. The van der Waals surface area contributed by atoms with E-state index >= 15 is 0 Å². The van der Waals surface area contributed by atoms with Crippen LogP contribution in [0.5, 0.6) is 0 Å². The van der Waals surface area contributed by atoms with Crippen molar-refractivity contribution in [3.8, 4) is 0 Å². The maximum Gasteiger partial charge on any atom is 0.254 e. The number of hydrogen-bond donors (Lipinski definition) is 3. The number of aliphatic imine (C=N–C) groups is 1. The fourth-order valence-corrected chi connectivity index (χ4v) is 3.03. The minimum atomic E-state index is -0.124. The van der Waals surface area contributed by atoms with Crippen molar-refractivity contribution in [2.24, 2.45) is 4.99 Å². The summed E-state index contributed by atoms with van der Waals surface area (Å²) in [7, 11) is 1.75. The summed E-state index contributed by atoms with van der Waals surface area (Å²) in [5.41, 5.74) is 4.68. The van der Waals surface area contributed by atoms with Gasteiger partial charge in [-0.05, 0) is 46.5 Å². The zero-order chi connectivity index (χ0) is 20.8. The third-order valence-electron chi connectivity index (χ3n) is 4.54. The molecule has 0 aliphatic carbocycles. The molecule has 6 nitrogen and oxygen atoms in total. The van der Waals surface area contributed by atoms with Crippen LogP contribution in [0.2, 0.25) is 0 Å². The first-order chi connectivity index (χ1) is 14.0. The fourth-order valence-electron chi connectivity index (χ4n) is 3.03. The molecule has 146 valence electrons. The highest BCUT2D eigenvalue weighted by atomic mass is 16.1. The van der Waals surface area contributed by atoms with E-state index in [1.165, 1.54) is 0 Å². The summed E-state index contributed by atoms with van der Waals surface area (Å²) in [6, 6.07) is 9.42. The Morgan fingerprint density at radius 2 is 2.10 bits per heavy atom. The number of aromatic nitrogens is 1. The Labute approximate surface area is 170 Å². The van der Waals surface area contributed by atoms with E-state index in [4.69, 9.17) is 0 Å². The van der Waals surface area contributed by atoms with E-state index in [1.807, 2.05) is 36.4 Å². The first-order valence-electron chi connectivity index (χ1n) is 9.10. The predicted octanol–water partition coefficient (Wildman–Crippen LogP) is 3.96. The van der Waals surface area contributed by atoms with Crippen LogP contribution in [0, 0.1) is 0 Å². The average molecular weight is 385 g/mol. The number of allylic oxidation sites excluding steroid dienone is 4. The van der Waals surface area contributed by atoms with Crippen LogP contribution in [-0.4, -0.2) is 24.2 Å². The minimum Gasteiger partial charge on any atom is -0.374 e. The number of amides is 1. The fraction of sp³-hybridized carbons (Fsp3) is 0.0870. The summed E-state index contributed by atoms with van der Waals surface area (Å²) in [4.78, 5) is 21.0. The highest BCUT2D eigenvalue weighted by Gasteiger charge is 2.27. The minimum absolute atomic E-state index is 0.124. The second-order valence-electron chi connectivity index (χ2n) is 6.32. The summed E-state index contributed by atoms with van der Waals surface area (Å²) >= 11 is 0. The lowest BCUT2D eigenvalue weighted by Gasteiger charge is -2.15. The summed E-state index contributed by atoms with van der Waals surface area (Å²) in [6.07, 6.45) is 6.88. The molecule has 0 fully saturated rings. The molecule has 0 radical (unpaired) electrons. The van der Waals surface area contributed by atoms with E-state index in [-0.39, 0.29) is 5.91 Å². The molecule has 2 heterocycles. The Morgan fingerprint density at radius 3 is 2.79 bits per heavy atom. The Balaban J connectivity index is 2.07. The molecule has 29 heavy (non-hydrogen) atoms. The Bertz CT molecular complexity index is 1030. The summed E-state index contributed by atoms with van der Waals surface area (Å²) < 4.78 is 0. The molecule has 0 atom stereocenters. The van der Waals surface area contributed by atoms with Gasteiger partial charge in [-0.3, -0.25) is 4.79 Å². The van der Waals surface area contributed by atoms with Crippen LogP contribution in [0.15, 0.2) is 84.8 Å². The standard InChI is InChI=1S/C23H23N5O/c1-5-15(2)17(11-13-25-16(3)24-4)18-9-10-20(22-19(18)14-27-23(22)29)28-21-8-6-7-12-26-21/h5-13,24H,1-3,14H2,4H3,(H,26,28)(H,27,29)/b17-11+,25-13?. The van der Waals surface area contributed by atoms with Gasteiger partial charge < -0.3 is 16.0 Å². The Morgan fingerprint density at radius 1 is 1.28 bits per heavy atom. The van der Waals surface area contributed by atoms with E-state index in [2.05, 4.69) is 45.7 Å². The van der Waals surface area contributed by atoms with Crippen molar-refractivity contribution in [1.82, 2.24) is 15.6 Å². The number of carbonyl (C=O) groups excluding carboxylic acids is 1. The second-order valence-corrected chi connectivity index (χ2v) is 6.32. The zero-order valence-electron chi connectivity index (χ0n) is 16.3. The number of pyridine rings is 1. The van der Waals surface area contributed by atoms with E-state index in [0.717, 1.165) is 22.3 Å². The summed E-state index contributed by atoms with van der Waals surface area (Å²) in [5, 5.41) is 9.00. The van der Waals surface area contributed by atoms with E-state index in [0.29, 0.717) is 29.4 Å². The van der Waals surface area contributed by atoms with Gasteiger partial charge in [-0.25, -0.2) is 9.98 Å². The van der Waals surface area contributed by atoms with Gasteiger partial charge in [-0.2, -0.15) is 0 Å². The van der Waals surface area contributed by atoms with Gasteiger partial charge in [-0.1, -0.05) is 37.9 Å². The van der Waals surface area contributed by atoms with Gasteiger partial charge in [0.25, 0.3) is 5.91 Å². The van der Waals surface area contributed by atoms with Crippen LogP contribution in [0.3, 0.4) is 0 Å². The molecule has 6 heteroatoms. The van der Waals surface area contributed by atoms with Crippen molar-refractivity contribution in [1.29, 1.82) is 0 Å². The molecule has 0 saturated carbocycles. The SMILES string of the molecule is C=CC(=C)/C(=C\C=NC(=C)NC)c1ccc(Nc2ccccn2)c2c1CNC2=O. The third kappa shape index (κ3) is 4.32. The van der Waals surface area contributed by atoms with Crippen LogP contribution in [0.4, 0.5) is 11.5 Å². The van der Waals surface area contributed by atoms with E-state index in [1.54, 1.807) is 25.5 Å². The topological polar surface area (TPSA) is 78.4 Å². The molecule has 0 unspecified atom stereocenters. The molecular formula is C23H23N5O. The molecule has 1 amide bonds. The quantitative estimate of drug-likeness (QED) is 0.475. The number of benzene rings is 1. The summed E-state index contributed by atoms with van der Waals surface area (Å²) in [6.45, 7) is 12.1. The molecule has 2 aromatic rings. The van der Waals surface area contributed by atoms with Gasteiger partial charge in [0.15, 0.2) is 0 Å². The van der Waals surface area contributed by atoms with E-state index in [9.17, 15) is 4.79 Å². The molecule has 0 spiro atoms. The molecule has 1 aromatic carbocycles. The van der Waals surface area contributed by atoms with Crippen LogP contribution in [0.1, 0.15) is 21.5 Å². The first kappa shape index (κ1) is 19.8. The molecule has 0 bridgehead atoms. The lowest BCUT2D eigenvalue weighted by atomic mass is 9.91. The lowest BCUT2D eigenvalue weighted by molar-refractivity contribution is 0.0966. The number of nitrogens with zero attached hydrogens (tertiary/aromatic N) is 2. The number of nitrogens with one attached hydrogen (secondary N) is 3. The Hall–Kier alpha value is -3.93. The van der Waals surface area contributed by atoms with Crippen molar-refractivity contribution in [2.45, 2.75) is 6.54 Å². The number of carbonyl (C=O) groups is 1. The maximum absolute atomic E-state index is 12.6. The number of hydrogen-bond acceptors (Lipinski definition) is 5. The molecule has 1 aliphatic rings. The predicted molar refractivity (Wildman–Crippen MR) is 119 cm³/mol. The van der Waals surface area contributed by atoms with Crippen molar-refractivity contribution >= 4 is 29.2 Å². The zero-order valence-corrected chi connectivity index (χ0v) is 16.3. The maximum atomic E-state index is 12.6. The van der Waals surface area contributed by atoms with Gasteiger partial charge >= 0.3 is 0 Å². The number of anilines is 2. The van der Waals surface area contributed by atoms with Crippen molar-refractivity contribution in [3.05, 3.63) is 96.5 Å². The van der Waals surface area contributed by atoms with Crippen molar-refractivity contribution < 1.29 is 4.79 Å². The lowest BCUT2D eigenvalue weighted by Crippen LogP contribution is -2.13. The molecule has 1 aromatic heterocycles. The van der Waals surface area contributed by atoms with Gasteiger partial charge in [0, 0.05) is 26.0 Å². The van der Waals surface area contributed by atoms with Gasteiger partial charge in [0.1, 0.15) is 11.6 Å². The highest BCUT2D eigenvalue weighted by Crippen LogP contribution is 2.35. The highest BCUT2D eigenvalue weighted by molar-refractivity contribution is 6.06. The monoisotopic (exact) mass is 385 g/mol. The smallest absolute Gasteiger partial charge is 0.254 e. The average Bonchev–Trinajstić information content (AvgIpc) is 3.14. The van der Waals surface area contributed by atoms with Crippen LogP contribution < -0.4 is 16.0 Å². The Kier molecular flexibility index (Phi) is 6.04. The largest absolute Gasteiger partial charge is 0.374 e. The second kappa shape index (κ2) is 8.84. The van der Waals surface area contributed by atoms with Crippen LogP contribution in [0.25, 0.3) is 5.57 Å². The van der Waals surface area contributed by atoms with Gasteiger partial charge in [-0.15, -0.1) is 0 Å². The van der Waals surface area contributed by atoms with Gasteiger partial charge in [0.05, 0.1) is 11.3 Å². The van der Waals surface area contributed by atoms with Crippen LogP contribution >= 0.6 is 0 Å². The molecule has 0 saturated heterocycles. The molecule has 3 rings (SSSR count). The van der Waals surface area contributed by atoms with Gasteiger partial charge in [0.2, 0.25) is 0 Å². The number of fused-ring (bicyclic) bond motifs is 1. The first-order valence-corrected chi connectivity index (χ1v) is 9.10. The molecule has 3 N–H and O–H groups in total. The van der Waals surface area contributed by atoms with Crippen LogP contribution in [-0.2, 0) is 6.54 Å². The van der Waals surface area contributed by atoms with E-state index < -0.39 is 0 Å². The normalized spacial score (nSPS) is 13.0. The van der Waals surface area contributed by atoms with Crippen molar-refractivity contribution in [3.63, 3.8) is 0 Å². The van der Waals surface area contributed by atoms with Crippen molar-refractivity contribution in [2.75, 3.05) is 12.4 Å². The molecule has 1 aliphatic heterocycles. The third-order valence-corrected chi connectivity index (χ3v) is 4.54.